The highest BCUT2D eigenvalue weighted by molar-refractivity contribution is 5.67. The summed E-state index contributed by atoms with van der Waals surface area (Å²) in [7, 11) is 0. The first kappa shape index (κ1) is 10.9. The van der Waals surface area contributed by atoms with Crippen molar-refractivity contribution in [2.45, 2.75) is 32.5 Å². The number of fused-ring (bicyclic) bond motifs is 1. The number of nitrogens with zero attached hydrogens (tertiary/aromatic N) is 3. The second-order valence-corrected chi connectivity index (χ2v) is 3.79. The normalized spacial score (nSPS) is 16.8. The Morgan fingerprint density at radius 3 is 3.06 bits per heavy atom. The summed E-state index contributed by atoms with van der Waals surface area (Å²) in [5.41, 5.74) is -0.257. The molecule has 16 heavy (non-hydrogen) atoms. The van der Waals surface area contributed by atoms with E-state index in [4.69, 9.17) is 9.84 Å². The molecule has 88 valence electrons. The summed E-state index contributed by atoms with van der Waals surface area (Å²) in [6.07, 6.45) is -0.114. The molecule has 0 saturated heterocycles. The lowest BCUT2D eigenvalue weighted by Crippen LogP contribution is -2.30. The van der Waals surface area contributed by atoms with Crippen LogP contribution in [0.3, 0.4) is 0 Å². The van der Waals surface area contributed by atoms with Gasteiger partial charge in [-0.25, -0.2) is 9.48 Å². The molecule has 1 aliphatic heterocycles. The molecular weight excluding hydrogens is 214 g/mol. The molecule has 0 spiro atoms. The zero-order valence-electron chi connectivity index (χ0n) is 8.92. The molecular formula is C9H13N3O4. The Morgan fingerprint density at radius 1 is 1.69 bits per heavy atom. The Balaban J connectivity index is 2.31. The van der Waals surface area contributed by atoms with Crippen molar-refractivity contribution >= 4 is 5.97 Å². The van der Waals surface area contributed by atoms with Crippen LogP contribution in [0, 0.1) is 0 Å². The SMILES string of the molecule is CC(CC(=O)O)n1nc2n(c1=O)CCOC2. The van der Waals surface area contributed by atoms with Crippen LogP contribution in [0.1, 0.15) is 25.2 Å². The lowest BCUT2D eigenvalue weighted by atomic mass is 10.2. The van der Waals surface area contributed by atoms with Crippen molar-refractivity contribution in [1.29, 1.82) is 0 Å². The van der Waals surface area contributed by atoms with Crippen LogP contribution in [0.4, 0.5) is 0 Å². The maximum Gasteiger partial charge on any atom is 0.346 e. The average molecular weight is 227 g/mol. The van der Waals surface area contributed by atoms with Crippen molar-refractivity contribution in [3.05, 3.63) is 16.3 Å². The molecule has 0 bridgehead atoms. The summed E-state index contributed by atoms with van der Waals surface area (Å²) >= 11 is 0. The van der Waals surface area contributed by atoms with E-state index in [-0.39, 0.29) is 12.1 Å². The van der Waals surface area contributed by atoms with Crippen LogP contribution in [0.15, 0.2) is 4.79 Å². The molecule has 2 rings (SSSR count). The van der Waals surface area contributed by atoms with Crippen LogP contribution in [0.2, 0.25) is 0 Å². The van der Waals surface area contributed by atoms with Crippen molar-refractivity contribution in [2.75, 3.05) is 6.61 Å². The van der Waals surface area contributed by atoms with Gasteiger partial charge in [0, 0.05) is 0 Å². The minimum Gasteiger partial charge on any atom is -0.481 e. The molecule has 2 heterocycles. The fourth-order valence-corrected chi connectivity index (χ4v) is 1.73. The molecule has 1 aromatic heterocycles. The summed E-state index contributed by atoms with van der Waals surface area (Å²) in [6, 6.07) is -0.442. The van der Waals surface area contributed by atoms with Crippen molar-refractivity contribution in [3.63, 3.8) is 0 Å². The first-order chi connectivity index (χ1) is 7.59. The molecule has 1 aliphatic rings. The highest BCUT2D eigenvalue weighted by Gasteiger charge is 2.21. The van der Waals surface area contributed by atoms with Gasteiger partial charge < -0.3 is 9.84 Å². The molecule has 7 nitrogen and oxygen atoms in total. The molecule has 0 aromatic carbocycles. The highest BCUT2D eigenvalue weighted by atomic mass is 16.5. The molecule has 1 unspecified atom stereocenters. The van der Waals surface area contributed by atoms with Crippen LogP contribution >= 0.6 is 0 Å². The van der Waals surface area contributed by atoms with Gasteiger partial charge in [-0.1, -0.05) is 0 Å². The third kappa shape index (κ3) is 1.85. The van der Waals surface area contributed by atoms with Gasteiger partial charge in [-0.15, -0.1) is 0 Å². The third-order valence-corrected chi connectivity index (χ3v) is 2.54. The van der Waals surface area contributed by atoms with Gasteiger partial charge in [-0.05, 0) is 6.92 Å². The molecule has 1 atom stereocenters. The first-order valence-electron chi connectivity index (χ1n) is 5.07. The molecule has 1 N–H and O–H groups in total. The van der Waals surface area contributed by atoms with Gasteiger partial charge in [0.05, 0.1) is 25.6 Å². The Morgan fingerprint density at radius 2 is 2.44 bits per heavy atom. The van der Waals surface area contributed by atoms with E-state index < -0.39 is 12.0 Å². The van der Waals surface area contributed by atoms with E-state index in [0.29, 0.717) is 25.6 Å². The summed E-state index contributed by atoms with van der Waals surface area (Å²) in [5, 5.41) is 12.7. The number of carboxylic acid groups (broad SMARTS) is 1. The van der Waals surface area contributed by atoms with Gasteiger partial charge in [-0.3, -0.25) is 9.36 Å². The van der Waals surface area contributed by atoms with Crippen molar-refractivity contribution in [3.8, 4) is 0 Å². The predicted molar refractivity (Wildman–Crippen MR) is 53.1 cm³/mol. The first-order valence-corrected chi connectivity index (χ1v) is 5.07. The largest absolute Gasteiger partial charge is 0.481 e. The molecule has 7 heteroatoms. The highest BCUT2D eigenvalue weighted by Crippen LogP contribution is 2.09. The Hall–Kier alpha value is -1.63. The number of carbonyl (C=O) groups is 1. The molecule has 1 aromatic rings. The molecule has 0 aliphatic carbocycles. The predicted octanol–water partition coefficient (Wildman–Crippen LogP) is -0.389. The van der Waals surface area contributed by atoms with Gasteiger partial charge in [0.1, 0.15) is 6.61 Å². The standard InChI is InChI=1S/C9H13N3O4/c1-6(4-8(13)14)12-9(15)11-2-3-16-5-7(11)10-12/h6H,2-5H2,1H3,(H,13,14). The zero-order chi connectivity index (χ0) is 11.7. The summed E-state index contributed by atoms with van der Waals surface area (Å²) in [6.45, 7) is 2.94. The zero-order valence-corrected chi connectivity index (χ0v) is 8.92. The second-order valence-electron chi connectivity index (χ2n) is 3.79. The number of hydrogen-bond donors (Lipinski definition) is 1. The van der Waals surface area contributed by atoms with Crippen LogP contribution in [0.25, 0.3) is 0 Å². The van der Waals surface area contributed by atoms with Crippen molar-refractivity contribution in [2.24, 2.45) is 0 Å². The fraction of sp³-hybridized carbons (Fsp3) is 0.667. The molecule has 0 saturated carbocycles. The van der Waals surface area contributed by atoms with E-state index in [1.807, 2.05) is 0 Å². The molecule has 0 fully saturated rings. The van der Waals surface area contributed by atoms with Gasteiger partial charge in [0.15, 0.2) is 5.82 Å². The van der Waals surface area contributed by atoms with Crippen LogP contribution in [-0.2, 0) is 22.7 Å². The van der Waals surface area contributed by atoms with E-state index in [1.165, 1.54) is 9.25 Å². The lowest BCUT2D eigenvalue weighted by molar-refractivity contribution is -0.137. The van der Waals surface area contributed by atoms with Crippen molar-refractivity contribution < 1.29 is 14.6 Å². The minimum atomic E-state index is -0.943. The molecule has 0 amide bonds. The maximum atomic E-state index is 11.9. The Labute approximate surface area is 91.2 Å². The molecule has 0 radical (unpaired) electrons. The van der Waals surface area contributed by atoms with Crippen LogP contribution < -0.4 is 5.69 Å². The summed E-state index contributed by atoms with van der Waals surface area (Å²) in [4.78, 5) is 22.4. The number of carboxylic acids is 1. The van der Waals surface area contributed by atoms with Crippen molar-refractivity contribution in [1.82, 2.24) is 14.3 Å². The van der Waals surface area contributed by atoms with E-state index in [2.05, 4.69) is 5.10 Å². The number of aromatic nitrogens is 3. The average Bonchev–Trinajstić information content (AvgIpc) is 2.56. The Kier molecular flexibility index (Phi) is 2.78. The van der Waals surface area contributed by atoms with E-state index >= 15 is 0 Å². The topological polar surface area (TPSA) is 86.4 Å². The smallest absolute Gasteiger partial charge is 0.346 e. The van der Waals surface area contributed by atoms with E-state index in [9.17, 15) is 9.59 Å². The monoisotopic (exact) mass is 227 g/mol. The number of aliphatic carboxylic acids is 1. The number of rotatable bonds is 3. The van der Waals surface area contributed by atoms with Gasteiger partial charge >= 0.3 is 11.7 Å². The Bertz CT molecular complexity index is 462. The fourth-order valence-electron chi connectivity index (χ4n) is 1.73. The van der Waals surface area contributed by atoms with Gasteiger partial charge in [0.25, 0.3) is 0 Å². The number of hydrogen-bond acceptors (Lipinski definition) is 4. The van der Waals surface area contributed by atoms with Gasteiger partial charge in [-0.2, -0.15) is 5.10 Å². The second kappa shape index (κ2) is 4.09. The third-order valence-electron chi connectivity index (χ3n) is 2.54. The number of ether oxygens (including phenoxy) is 1. The van der Waals surface area contributed by atoms with Gasteiger partial charge in [0.2, 0.25) is 0 Å². The quantitative estimate of drug-likeness (QED) is 0.760. The van der Waals surface area contributed by atoms with E-state index in [0.717, 1.165) is 0 Å². The summed E-state index contributed by atoms with van der Waals surface area (Å²) in [5.74, 6) is -0.380. The minimum absolute atomic E-state index is 0.114. The van der Waals surface area contributed by atoms with Crippen LogP contribution in [-0.4, -0.2) is 32.0 Å². The summed E-state index contributed by atoms with van der Waals surface area (Å²) < 4.78 is 7.92. The lowest BCUT2D eigenvalue weighted by Gasteiger charge is -2.11. The maximum absolute atomic E-state index is 11.9. The van der Waals surface area contributed by atoms with E-state index in [1.54, 1.807) is 6.92 Å². The van der Waals surface area contributed by atoms with Crippen LogP contribution in [0.5, 0.6) is 0 Å².